The van der Waals surface area contributed by atoms with Gasteiger partial charge in [-0.05, 0) is 13.0 Å². The second-order valence-corrected chi connectivity index (χ2v) is 2.58. The van der Waals surface area contributed by atoms with Crippen LogP contribution >= 0.6 is 0 Å². The number of hydrogen-bond acceptors (Lipinski definition) is 3. The molecule has 1 N–H and O–H groups in total. The lowest BCUT2D eigenvalue weighted by molar-refractivity contribution is -0.385. The zero-order valence-corrected chi connectivity index (χ0v) is 8.87. The van der Waals surface area contributed by atoms with Gasteiger partial charge in [0.15, 0.2) is 0 Å². The summed E-state index contributed by atoms with van der Waals surface area (Å²) >= 11 is 0. The summed E-state index contributed by atoms with van der Waals surface area (Å²) in [6.07, 6.45) is 0. The Hall–Kier alpha value is -1.78. The normalized spacial score (nSPS) is 8.80. The van der Waals surface area contributed by atoms with Crippen LogP contribution in [-0.4, -0.2) is 10.6 Å². The van der Waals surface area contributed by atoms with Gasteiger partial charge in [0.1, 0.15) is 5.82 Å². The lowest BCUT2D eigenvalue weighted by Gasteiger charge is -1.98. The van der Waals surface area contributed by atoms with Crippen molar-refractivity contribution in [3.05, 3.63) is 39.7 Å². The van der Waals surface area contributed by atoms with E-state index >= 15 is 0 Å². The molecule has 0 amide bonds. The molecule has 0 saturated carbocycles. The molecule has 0 aliphatic carbocycles. The number of halogens is 1. The van der Waals surface area contributed by atoms with Crippen LogP contribution in [-0.2, 0) is 0 Å². The van der Waals surface area contributed by atoms with Crippen molar-refractivity contribution in [2.24, 2.45) is 0 Å². The highest BCUT2D eigenvalue weighted by atomic mass is 19.1. The topological polar surface area (TPSA) is 67.0 Å². The molecule has 0 radical (unpaired) electrons. The average molecular weight is 212 g/mol. The maximum Gasteiger partial charge on any atom is 0.273 e. The zero-order chi connectivity index (χ0) is 12.0. The van der Waals surface area contributed by atoms with Gasteiger partial charge in [-0.15, -0.1) is 0 Å². The van der Waals surface area contributed by atoms with Gasteiger partial charge in [-0.25, -0.2) is 4.39 Å². The van der Waals surface area contributed by atoms with Crippen LogP contribution in [0.3, 0.4) is 0 Å². The highest BCUT2D eigenvalue weighted by Crippen LogP contribution is 2.16. The van der Waals surface area contributed by atoms with E-state index in [0.717, 1.165) is 12.1 Å². The quantitative estimate of drug-likeness (QED) is 0.465. The molecule has 5 heteroatoms. The summed E-state index contributed by atoms with van der Waals surface area (Å²) in [7, 11) is 0. The second-order valence-electron chi connectivity index (χ2n) is 2.58. The lowest BCUT2D eigenvalue weighted by Crippen LogP contribution is -1.96. The molecule has 15 heavy (non-hydrogen) atoms. The Morgan fingerprint density at radius 1 is 1.40 bits per heavy atom. The standard InChI is InChI=1S/C8H7FN2O2.C2H6/c1-5(10)6-2-7(9)4-8(3-6)11(12)13;1-2/h2-4,10H,1H3;1-2H3. The Morgan fingerprint density at radius 3 is 2.33 bits per heavy atom. The fraction of sp³-hybridized carbons (Fsp3) is 0.300. The minimum Gasteiger partial charge on any atom is -0.305 e. The Bertz CT molecular complexity index is 345. The van der Waals surface area contributed by atoms with Crippen molar-refractivity contribution in [1.29, 1.82) is 5.41 Å². The number of nitrogens with one attached hydrogen (secondary N) is 1. The molecule has 0 aliphatic rings. The maximum atomic E-state index is 12.7. The smallest absolute Gasteiger partial charge is 0.273 e. The van der Waals surface area contributed by atoms with Crippen LogP contribution in [0.25, 0.3) is 0 Å². The van der Waals surface area contributed by atoms with E-state index in [-0.39, 0.29) is 17.0 Å². The molecular weight excluding hydrogens is 199 g/mol. The minimum absolute atomic E-state index is 0.0996. The molecule has 0 aromatic heterocycles. The molecular formula is C10H13FN2O2. The molecule has 0 spiro atoms. The van der Waals surface area contributed by atoms with E-state index in [4.69, 9.17) is 5.41 Å². The van der Waals surface area contributed by atoms with Crippen molar-refractivity contribution >= 4 is 11.4 Å². The third-order valence-electron chi connectivity index (χ3n) is 1.53. The summed E-state index contributed by atoms with van der Waals surface area (Å²) in [6.45, 7) is 5.44. The summed E-state index contributed by atoms with van der Waals surface area (Å²) in [5, 5.41) is 17.5. The molecule has 0 atom stereocenters. The van der Waals surface area contributed by atoms with Crippen LogP contribution in [0, 0.1) is 21.3 Å². The lowest BCUT2D eigenvalue weighted by atomic mass is 10.1. The first-order valence-electron chi connectivity index (χ1n) is 4.51. The summed E-state index contributed by atoms with van der Waals surface area (Å²) in [5.41, 5.74) is -0.00380. The predicted molar refractivity (Wildman–Crippen MR) is 56.9 cm³/mol. The molecule has 0 aliphatic heterocycles. The van der Waals surface area contributed by atoms with Crippen molar-refractivity contribution in [2.75, 3.05) is 0 Å². The molecule has 0 fully saturated rings. The van der Waals surface area contributed by atoms with Crippen LogP contribution in [0.5, 0.6) is 0 Å². The third-order valence-corrected chi connectivity index (χ3v) is 1.53. The number of non-ortho nitro benzene ring substituents is 1. The van der Waals surface area contributed by atoms with E-state index < -0.39 is 10.7 Å². The first-order valence-corrected chi connectivity index (χ1v) is 4.51. The highest BCUT2D eigenvalue weighted by molar-refractivity contribution is 5.96. The summed E-state index contributed by atoms with van der Waals surface area (Å²) in [6, 6.07) is 3.09. The number of hydrogen-bond donors (Lipinski definition) is 1. The first-order chi connectivity index (χ1) is 7.00. The molecule has 1 aromatic carbocycles. The molecule has 4 nitrogen and oxygen atoms in total. The van der Waals surface area contributed by atoms with E-state index in [9.17, 15) is 14.5 Å². The van der Waals surface area contributed by atoms with Crippen LogP contribution in [0.1, 0.15) is 26.3 Å². The first kappa shape index (κ1) is 13.2. The number of benzene rings is 1. The number of rotatable bonds is 2. The number of nitro groups is 1. The second kappa shape index (κ2) is 5.85. The molecule has 1 rings (SSSR count). The SMILES string of the molecule is CC.CC(=N)c1cc(F)cc([N+](=O)[O-])c1. The zero-order valence-electron chi connectivity index (χ0n) is 8.87. The van der Waals surface area contributed by atoms with Crippen LogP contribution in [0.15, 0.2) is 18.2 Å². The molecule has 82 valence electrons. The van der Waals surface area contributed by atoms with Crippen molar-refractivity contribution < 1.29 is 9.31 Å². The molecule has 0 heterocycles. The monoisotopic (exact) mass is 212 g/mol. The molecule has 0 bridgehead atoms. The van der Waals surface area contributed by atoms with Gasteiger partial charge in [-0.1, -0.05) is 13.8 Å². The average Bonchev–Trinajstić information content (AvgIpc) is 2.19. The van der Waals surface area contributed by atoms with Gasteiger partial charge < -0.3 is 5.41 Å². The van der Waals surface area contributed by atoms with Gasteiger partial charge in [0, 0.05) is 17.3 Å². The summed E-state index contributed by atoms with van der Waals surface area (Å²) in [5.74, 6) is -0.698. The Balaban J connectivity index is 0.000000921. The fourth-order valence-corrected chi connectivity index (χ4v) is 0.896. The van der Waals surface area contributed by atoms with Gasteiger partial charge >= 0.3 is 0 Å². The Morgan fingerprint density at radius 2 is 1.93 bits per heavy atom. The predicted octanol–water partition coefficient (Wildman–Crippen LogP) is 3.15. The van der Waals surface area contributed by atoms with Gasteiger partial charge in [0.05, 0.1) is 11.0 Å². The van der Waals surface area contributed by atoms with Crippen molar-refractivity contribution in [3.8, 4) is 0 Å². The molecule has 0 unspecified atom stereocenters. The van der Waals surface area contributed by atoms with E-state index in [1.165, 1.54) is 13.0 Å². The van der Waals surface area contributed by atoms with E-state index in [0.29, 0.717) is 0 Å². The van der Waals surface area contributed by atoms with E-state index in [2.05, 4.69) is 0 Å². The molecule has 1 aromatic rings. The van der Waals surface area contributed by atoms with Crippen LogP contribution < -0.4 is 0 Å². The summed E-state index contributed by atoms with van der Waals surface area (Å²) < 4.78 is 12.7. The van der Waals surface area contributed by atoms with E-state index in [1.807, 2.05) is 13.8 Å². The van der Waals surface area contributed by atoms with Crippen LogP contribution in [0.2, 0.25) is 0 Å². The van der Waals surface area contributed by atoms with Crippen LogP contribution in [0.4, 0.5) is 10.1 Å². The van der Waals surface area contributed by atoms with E-state index in [1.54, 1.807) is 0 Å². The number of nitrogens with zero attached hydrogens (tertiary/aromatic N) is 1. The highest BCUT2D eigenvalue weighted by Gasteiger charge is 2.10. The fourth-order valence-electron chi connectivity index (χ4n) is 0.896. The van der Waals surface area contributed by atoms with Gasteiger partial charge in [-0.2, -0.15) is 0 Å². The Labute approximate surface area is 87.4 Å². The number of nitro benzene ring substituents is 1. The van der Waals surface area contributed by atoms with Gasteiger partial charge in [0.2, 0.25) is 0 Å². The van der Waals surface area contributed by atoms with Crippen molar-refractivity contribution in [1.82, 2.24) is 0 Å². The maximum absolute atomic E-state index is 12.7. The Kier molecular flexibility index (Phi) is 5.15. The minimum atomic E-state index is -0.698. The van der Waals surface area contributed by atoms with Gasteiger partial charge in [-0.3, -0.25) is 10.1 Å². The molecule has 0 saturated heterocycles. The summed E-state index contributed by atoms with van der Waals surface area (Å²) in [4.78, 5) is 9.61. The van der Waals surface area contributed by atoms with Crippen molar-refractivity contribution in [3.63, 3.8) is 0 Å². The van der Waals surface area contributed by atoms with Gasteiger partial charge in [0.25, 0.3) is 5.69 Å². The largest absolute Gasteiger partial charge is 0.305 e. The van der Waals surface area contributed by atoms with Crippen molar-refractivity contribution in [2.45, 2.75) is 20.8 Å². The third kappa shape index (κ3) is 3.84.